The molecule has 5 heteroatoms. The summed E-state index contributed by atoms with van der Waals surface area (Å²) < 4.78 is 0. The van der Waals surface area contributed by atoms with Crippen LogP contribution < -0.4 is 5.32 Å². The first kappa shape index (κ1) is 20.8. The van der Waals surface area contributed by atoms with Crippen molar-refractivity contribution in [3.05, 3.63) is 74.8 Å². The third kappa shape index (κ3) is 4.89. The third-order valence-electron chi connectivity index (χ3n) is 5.06. The average Bonchev–Trinajstić information content (AvgIpc) is 2.61. The molecule has 0 aromatic heterocycles. The Morgan fingerprint density at radius 1 is 1.18 bits per heavy atom. The van der Waals surface area contributed by atoms with E-state index in [1.807, 2.05) is 30.3 Å². The zero-order chi connectivity index (χ0) is 20.5. The van der Waals surface area contributed by atoms with Crippen LogP contribution in [0.2, 0.25) is 10.0 Å². The van der Waals surface area contributed by atoms with Crippen LogP contribution in [0.25, 0.3) is 6.08 Å². The molecule has 0 saturated carbocycles. The summed E-state index contributed by atoms with van der Waals surface area (Å²) in [5, 5.41) is 13.2. The molecule has 1 aliphatic rings. The van der Waals surface area contributed by atoms with Crippen LogP contribution in [0, 0.1) is 5.41 Å². The molecule has 1 unspecified atom stereocenters. The van der Waals surface area contributed by atoms with Gasteiger partial charge in [0.2, 0.25) is 0 Å². The van der Waals surface area contributed by atoms with Gasteiger partial charge < -0.3 is 10.4 Å². The number of hydrogen-bond donors (Lipinski definition) is 2. The molecule has 0 radical (unpaired) electrons. The topological polar surface area (TPSA) is 49.3 Å². The molecule has 1 amide bonds. The Bertz CT molecular complexity index is 915. The summed E-state index contributed by atoms with van der Waals surface area (Å²) in [6.07, 6.45) is 2.59. The van der Waals surface area contributed by atoms with Crippen LogP contribution in [0.5, 0.6) is 0 Å². The molecule has 0 heterocycles. The van der Waals surface area contributed by atoms with Crippen molar-refractivity contribution in [1.29, 1.82) is 0 Å². The minimum atomic E-state index is -1.000. The molecule has 0 spiro atoms. The normalized spacial score (nSPS) is 17.5. The van der Waals surface area contributed by atoms with Crippen molar-refractivity contribution in [2.75, 3.05) is 0 Å². The number of halogens is 2. The Kier molecular flexibility index (Phi) is 6.07. The van der Waals surface area contributed by atoms with Gasteiger partial charge in [0.25, 0.3) is 0 Å². The molecule has 2 aromatic carbocycles. The molecule has 148 valence electrons. The molecule has 2 aromatic rings. The summed E-state index contributed by atoms with van der Waals surface area (Å²) in [6, 6.07) is 13.7. The number of fused-ring (bicyclic) bond motifs is 1. The lowest BCUT2D eigenvalue weighted by molar-refractivity contribution is 0.187. The van der Waals surface area contributed by atoms with Crippen LogP contribution >= 0.6 is 23.2 Å². The first-order chi connectivity index (χ1) is 13.1. The minimum Gasteiger partial charge on any atom is -0.465 e. The molecule has 3 rings (SSSR count). The zero-order valence-corrected chi connectivity index (χ0v) is 17.8. The van der Waals surface area contributed by atoms with Crippen LogP contribution in [0.4, 0.5) is 4.79 Å². The molecule has 1 aliphatic carbocycles. The van der Waals surface area contributed by atoms with Crippen molar-refractivity contribution >= 4 is 35.4 Å². The van der Waals surface area contributed by atoms with Gasteiger partial charge in [-0.05, 0) is 52.7 Å². The second-order valence-electron chi connectivity index (χ2n) is 8.55. The first-order valence-corrected chi connectivity index (χ1v) is 10.1. The first-order valence-electron chi connectivity index (χ1n) is 9.38. The average molecular weight is 418 g/mol. The maximum Gasteiger partial charge on any atom is 0.405 e. The Balaban J connectivity index is 2.04. The summed E-state index contributed by atoms with van der Waals surface area (Å²) in [5.74, 6) is 0.101. The Morgan fingerprint density at radius 3 is 2.54 bits per heavy atom. The van der Waals surface area contributed by atoms with Crippen molar-refractivity contribution in [1.82, 2.24) is 5.32 Å². The highest BCUT2D eigenvalue weighted by Gasteiger charge is 2.30. The van der Waals surface area contributed by atoms with Crippen molar-refractivity contribution in [3.63, 3.8) is 0 Å². The highest BCUT2D eigenvalue weighted by Crippen LogP contribution is 2.42. The van der Waals surface area contributed by atoms with E-state index < -0.39 is 6.09 Å². The maximum atomic E-state index is 11.4. The second-order valence-corrected chi connectivity index (χ2v) is 9.36. The SMILES string of the molecule is CC(C)(C)CC(NC(=O)O)C1=Cc2ccccc2[C@H](c2ccc(Cl)c(Cl)c2)C1. The number of carboxylic acid groups (broad SMARTS) is 1. The molecule has 0 aliphatic heterocycles. The van der Waals surface area contributed by atoms with E-state index in [1.54, 1.807) is 0 Å². The molecule has 0 saturated heterocycles. The van der Waals surface area contributed by atoms with Crippen molar-refractivity contribution in [3.8, 4) is 0 Å². The van der Waals surface area contributed by atoms with Crippen molar-refractivity contribution in [2.45, 2.75) is 45.6 Å². The Labute approximate surface area is 176 Å². The van der Waals surface area contributed by atoms with Gasteiger partial charge in [-0.2, -0.15) is 0 Å². The quantitative estimate of drug-likeness (QED) is 0.563. The minimum absolute atomic E-state index is 0.00992. The van der Waals surface area contributed by atoms with Gasteiger partial charge in [0.15, 0.2) is 0 Å². The Morgan fingerprint density at radius 2 is 1.89 bits per heavy atom. The van der Waals surface area contributed by atoms with E-state index >= 15 is 0 Å². The van der Waals surface area contributed by atoms with Gasteiger partial charge in [-0.25, -0.2) is 4.79 Å². The lowest BCUT2D eigenvalue weighted by atomic mass is 9.75. The number of hydrogen-bond acceptors (Lipinski definition) is 1. The second kappa shape index (κ2) is 8.18. The highest BCUT2D eigenvalue weighted by molar-refractivity contribution is 6.42. The van der Waals surface area contributed by atoms with Crippen LogP contribution in [-0.4, -0.2) is 17.2 Å². The fraction of sp³-hybridized carbons (Fsp3) is 0.348. The van der Waals surface area contributed by atoms with Gasteiger partial charge in [0.1, 0.15) is 0 Å². The molecule has 2 N–H and O–H groups in total. The molecule has 28 heavy (non-hydrogen) atoms. The predicted octanol–water partition coefficient (Wildman–Crippen LogP) is 6.98. The van der Waals surface area contributed by atoms with Crippen molar-refractivity contribution in [2.24, 2.45) is 5.41 Å². The number of rotatable bonds is 4. The van der Waals surface area contributed by atoms with E-state index in [0.29, 0.717) is 10.0 Å². The van der Waals surface area contributed by atoms with Crippen molar-refractivity contribution < 1.29 is 9.90 Å². The lowest BCUT2D eigenvalue weighted by Gasteiger charge is -2.33. The predicted molar refractivity (Wildman–Crippen MR) is 116 cm³/mol. The highest BCUT2D eigenvalue weighted by atomic mass is 35.5. The van der Waals surface area contributed by atoms with Crippen LogP contribution in [0.15, 0.2) is 48.0 Å². The number of amides is 1. The zero-order valence-electron chi connectivity index (χ0n) is 16.3. The van der Waals surface area contributed by atoms with Gasteiger partial charge in [-0.15, -0.1) is 0 Å². The number of carbonyl (C=O) groups is 1. The van der Waals surface area contributed by atoms with E-state index in [1.165, 1.54) is 5.56 Å². The summed E-state index contributed by atoms with van der Waals surface area (Å²) in [5.41, 5.74) is 4.49. The van der Waals surface area contributed by atoms with Gasteiger partial charge in [-0.1, -0.05) is 80.4 Å². The number of benzene rings is 2. The van der Waals surface area contributed by atoms with Crippen LogP contribution in [-0.2, 0) is 0 Å². The number of nitrogens with one attached hydrogen (secondary N) is 1. The van der Waals surface area contributed by atoms with Gasteiger partial charge in [0.05, 0.1) is 16.1 Å². The molecular formula is C23H25Cl2NO2. The molecular weight excluding hydrogens is 393 g/mol. The van der Waals surface area contributed by atoms with Gasteiger partial charge in [-0.3, -0.25) is 0 Å². The fourth-order valence-electron chi connectivity index (χ4n) is 3.87. The maximum absolute atomic E-state index is 11.4. The molecule has 0 bridgehead atoms. The van der Waals surface area contributed by atoms with E-state index in [4.69, 9.17) is 23.2 Å². The largest absolute Gasteiger partial charge is 0.465 e. The van der Waals surface area contributed by atoms with Crippen LogP contribution in [0.3, 0.4) is 0 Å². The lowest BCUT2D eigenvalue weighted by Crippen LogP contribution is -2.39. The summed E-state index contributed by atoms with van der Waals surface area (Å²) in [4.78, 5) is 11.4. The van der Waals surface area contributed by atoms with Crippen LogP contribution in [0.1, 0.15) is 56.2 Å². The summed E-state index contributed by atoms with van der Waals surface area (Å²) >= 11 is 12.4. The molecule has 0 fully saturated rings. The fourth-order valence-corrected chi connectivity index (χ4v) is 4.18. The smallest absolute Gasteiger partial charge is 0.405 e. The monoisotopic (exact) mass is 417 g/mol. The standard InChI is InChI=1S/C23H25Cl2NO2/c1-23(2,3)13-21(26-22(27)28)16-10-14-6-4-5-7-17(14)18(11-16)15-8-9-19(24)20(25)12-15/h4-10,12,18,21,26H,11,13H2,1-3H3,(H,27,28)/t18-,21?/m0/s1. The molecule has 3 nitrogen and oxygen atoms in total. The summed E-state index contributed by atoms with van der Waals surface area (Å²) in [7, 11) is 0. The van der Waals surface area contributed by atoms with E-state index in [-0.39, 0.29) is 17.4 Å². The van der Waals surface area contributed by atoms with E-state index in [2.05, 4.69) is 44.3 Å². The Hall–Kier alpha value is -1.97. The molecule has 2 atom stereocenters. The van der Waals surface area contributed by atoms with Gasteiger partial charge in [0, 0.05) is 5.92 Å². The van der Waals surface area contributed by atoms with Gasteiger partial charge >= 0.3 is 6.09 Å². The van der Waals surface area contributed by atoms with E-state index in [0.717, 1.165) is 29.5 Å². The summed E-state index contributed by atoms with van der Waals surface area (Å²) in [6.45, 7) is 6.37. The van der Waals surface area contributed by atoms with E-state index in [9.17, 15) is 9.90 Å². The third-order valence-corrected chi connectivity index (χ3v) is 5.80.